The van der Waals surface area contributed by atoms with Crippen molar-refractivity contribution in [3.8, 4) is 5.69 Å². The van der Waals surface area contributed by atoms with E-state index in [9.17, 15) is 9.59 Å². The zero-order chi connectivity index (χ0) is 21.2. The highest BCUT2D eigenvalue weighted by Crippen LogP contribution is 2.54. The van der Waals surface area contributed by atoms with Crippen molar-refractivity contribution in [2.45, 2.75) is 32.6 Å². The number of hydrogen-bond acceptors (Lipinski definition) is 3. The van der Waals surface area contributed by atoms with Crippen LogP contribution in [-0.2, 0) is 15.0 Å². The van der Waals surface area contributed by atoms with Crippen molar-refractivity contribution in [2.75, 3.05) is 16.8 Å². The van der Waals surface area contributed by atoms with Gasteiger partial charge in [0.2, 0.25) is 11.8 Å². The molecular formula is C23H21ClN4O2. The van der Waals surface area contributed by atoms with Crippen molar-refractivity contribution in [1.29, 1.82) is 0 Å². The molecule has 30 heavy (non-hydrogen) atoms. The Labute approximate surface area is 179 Å². The molecule has 1 atom stereocenters. The fourth-order valence-electron chi connectivity index (χ4n) is 4.68. The highest BCUT2D eigenvalue weighted by Gasteiger charge is 2.57. The molecule has 1 aromatic heterocycles. The Hall–Kier alpha value is -3.12. The van der Waals surface area contributed by atoms with E-state index in [-0.39, 0.29) is 18.2 Å². The van der Waals surface area contributed by atoms with Crippen LogP contribution in [-0.4, -0.2) is 28.1 Å². The van der Waals surface area contributed by atoms with E-state index in [0.29, 0.717) is 28.5 Å². The van der Waals surface area contributed by atoms with Crippen LogP contribution in [0.5, 0.6) is 0 Å². The summed E-state index contributed by atoms with van der Waals surface area (Å²) >= 11 is 6.62. The number of amides is 2. The molecule has 2 aliphatic rings. The minimum Gasteiger partial charge on any atom is -0.311 e. The molecule has 5 rings (SSSR count). The van der Waals surface area contributed by atoms with Gasteiger partial charge in [0.1, 0.15) is 11.2 Å². The molecule has 0 aliphatic carbocycles. The lowest BCUT2D eigenvalue weighted by atomic mass is 9.71. The maximum atomic E-state index is 13.7. The Morgan fingerprint density at radius 3 is 2.70 bits per heavy atom. The molecule has 1 N–H and O–H groups in total. The van der Waals surface area contributed by atoms with Gasteiger partial charge in [-0.1, -0.05) is 23.7 Å². The summed E-state index contributed by atoms with van der Waals surface area (Å²) in [5, 5.41) is 7.99. The minimum absolute atomic E-state index is 0.00465. The first-order chi connectivity index (χ1) is 14.4. The van der Waals surface area contributed by atoms with Crippen molar-refractivity contribution in [2.24, 2.45) is 0 Å². The molecule has 0 bridgehead atoms. The summed E-state index contributed by atoms with van der Waals surface area (Å²) in [4.78, 5) is 28.3. The number of nitrogens with zero attached hydrogens (tertiary/aromatic N) is 3. The van der Waals surface area contributed by atoms with Crippen LogP contribution in [0.1, 0.15) is 35.6 Å². The molecule has 2 aliphatic heterocycles. The van der Waals surface area contributed by atoms with E-state index >= 15 is 0 Å². The number of aromatic nitrogens is 2. The maximum Gasteiger partial charge on any atom is 0.242 e. The molecule has 3 aromatic rings. The van der Waals surface area contributed by atoms with Gasteiger partial charge in [0.15, 0.2) is 0 Å². The first kappa shape index (κ1) is 18.9. The number of carbonyl (C=O) groups is 2. The molecule has 6 nitrogen and oxygen atoms in total. The van der Waals surface area contributed by atoms with Gasteiger partial charge in [-0.15, -0.1) is 0 Å². The number of aryl methyl sites for hydroxylation is 2. The highest BCUT2D eigenvalue weighted by molar-refractivity contribution is 6.33. The third kappa shape index (κ3) is 2.34. The maximum absolute atomic E-state index is 13.7. The van der Waals surface area contributed by atoms with Crippen molar-refractivity contribution in [3.63, 3.8) is 0 Å². The Morgan fingerprint density at radius 1 is 1.17 bits per heavy atom. The summed E-state index contributed by atoms with van der Waals surface area (Å²) in [6.45, 7) is 6.49. The Balaban J connectivity index is 1.79. The van der Waals surface area contributed by atoms with Gasteiger partial charge < -0.3 is 10.2 Å². The largest absolute Gasteiger partial charge is 0.311 e. The molecule has 152 valence electrons. The minimum atomic E-state index is -1.17. The van der Waals surface area contributed by atoms with Crippen LogP contribution in [0.3, 0.4) is 0 Å². The van der Waals surface area contributed by atoms with Crippen LogP contribution in [0.25, 0.3) is 5.69 Å². The molecule has 0 unspecified atom stereocenters. The fraction of sp³-hybridized carbons (Fsp3) is 0.261. The second kappa shape index (κ2) is 6.44. The lowest BCUT2D eigenvalue weighted by Gasteiger charge is -2.32. The average molecular weight is 421 g/mol. The van der Waals surface area contributed by atoms with E-state index in [1.807, 2.05) is 51.1 Å². The number of rotatable bonds is 2. The molecule has 0 saturated carbocycles. The van der Waals surface area contributed by atoms with Crippen LogP contribution >= 0.6 is 11.6 Å². The van der Waals surface area contributed by atoms with E-state index in [1.54, 1.807) is 21.8 Å². The zero-order valence-electron chi connectivity index (χ0n) is 17.0. The summed E-state index contributed by atoms with van der Waals surface area (Å²) in [6.07, 6.45) is 1.69. The van der Waals surface area contributed by atoms with Gasteiger partial charge in [-0.25, -0.2) is 4.68 Å². The number of benzene rings is 2. The normalized spacial score (nSPS) is 19.8. The molecule has 0 fully saturated rings. The molecule has 0 radical (unpaired) electrons. The number of anilines is 2. The van der Waals surface area contributed by atoms with E-state index in [1.165, 1.54) is 5.56 Å². The van der Waals surface area contributed by atoms with Crippen LogP contribution in [0.15, 0.2) is 42.6 Å². The summed E-state index contributed by atoms with van der Waals surface area (Å²) in [5.41, 5.74) is 4.08. The number of likely N-dealkylation sites (N-methyl/N-ethyl adjacent to an activating group) is 1. The van der Waals surface area contributed by atoms with E-state index in [2.05, 4.69) is 10.4 Å². The SMILES string of the molecule is CCN1C(=O)[C@@]2(CC(=O)Nc3c2cnn3-c2ccc(C)c(C)c2)c2c(Cl)cccc21. The van der Waals surface area contributed by atoms with Crippen molar-refractivity contribution in [1.82, 2.24) is 9.78 Å². The van der Waals surface area contributed by atoms with Crippen LogP contribution in [0, 0.1) is 13.8 Å². The number of nitrogens with one attached hydrogen (secondary N) is 1. The van der Waals surface area contributed by atoms with Gasteiger partial charge in [-0.3, -0.25) is 9.59 Å². The Bertz CT molecular complexity index is 1230. The van der Waals surface area contributed by atoms with E-state index in [0.717, 1.165) is 16.9 Å². The monoisotopic (exact) mass is 420 g/mol. The van der Waals surface area contributed by atoms with Crippen molar-refractivity contribution < 1.29 is 9.59 Å². The lowest BCUT2D eigenvalue weighted by molar-refractivity contribution is -0.126. The van der Waals surface area contributed by atoms with E-state index < -0.39 is 5.41 Å². The predicted molar refractivity (Wildman–Crippen MR) is 117 cm³/mol. The number of carbonyl (C=O) groups excluding carboxylic acids is 2. The van der Waals surface area contributed by atoms with Gasteiger partial charge in [0.05, 0.1) is 11.9 Å². The van der Waals surface area contributed by atoms with Gasteiger partial charge >= 0.3 is 0 Å². The summed E-state index contributed by atoms with van der Waals surface area (Å²) in [7, 11) is 0. The number of hydrogen-bond donors (Lipinski definition) is 1. The average Bonchev–Trinajstić information content (AvgIpc) is 3.23. The summed E-state index contributed by atoms with van der Waals surface area (Å²) in [6, 6.07) is 11.5. The standard InChI is InChI=1S/C23H21ClN4O2/c1-4-27-18-7-5-6-17(24)20(18)23(22(27)30)11-19(29)26-21-16(23)12-25-28(21)15-9-8-13(2)14(3)10-15/h5-10,12H,4,11H2,1-3H3,(H,26,29)/t23-/m1/s1. The number of halogens is 1. The van der Waals surface area contributed by atoms with Crippen molar-refractivity contribution >= 4 is 34.9 Å². The highest BCUT2D eigenvalue weighted by atomic mass is 35.5. The number of fused-ring (bicyclic) bond motifs is 4. The third-order valence-corrected chi connectivity index (χ3v) is 6.60. The molecule has 2 aromatic carbocycles. The van der Waals surface area contributed by atoms with Gasteiger partial charge in [0, 0.05) is 34.8 Å². The fourth-order valence-corrected chi connectivity index (χ4v) is 5.01. The Morgan fingerprint density at radius 2 is 1.97 bits per heavy atom. The molecule has 7 heteroatoms. The summed E-state index contributed by atoms with van der Waals surface area (Å²) < 4.78 is 1.69. The molecule has 2 amide bonds. The first-order valence-electron chi connectivity index (χ1n) is 9.95. The third-order valence-electron chi connectivity index (χ3n) is 6.28. The zero-order valence-corrected chi connectivity index (χ0v) is 17.7. The Kier molecular flexibility index (Phi) is 4.05. The van der Waals surface area contributed by atoms with Crippen molar-refractivity contribution in [3.05, 3.63) is 69.9 Å². The van der Waals surface area contributed by atoms with E-state index in [4.69, 9.17) is 11.6 Å². The second-order valence-electron chi connectivity index (χ2n) is 7.90. The second-order valence-corrected chi connectivity index (χ2v) is 8.31. The molecule has 1 spiro atoms. The van der Waals surface area contributed by atoms with Gasteiger partial charge in [0.25, 0.3) is 0 Å². The molecular weight excluding hydrogens is 400 g/mol. The predicted octanol–water partition coefficient (Wildman–Crippen LogP) is 4.14. The first-order valence-corrected chi connectivity index (χ1v) is 10.3. The smallest absolute Gasteiger partial charge is 0.242 e. The molecule has 0 saturated heterocycles. The quantitative estimate of drug-likeness (QED) is 0.677. The van der Waals surface area contributed by atoms with Crippen LogP contribution in [0.2, 0.25) is 5.02 Å². The lowest BCUT2D eigenvalue weighted by Crippen LogP contribution is -2.46. The molecule has 3 heterocycles. The topological polar surface area (TPSA) is 67.2 Å². The van der Waals surface area contributed by atoms with Gasteiger partial charge in [-0.05, 0) is 56.2 Å². The van der Waals surface area contributed by atoms with Crippen LogP contribution < -0.4 is 10.2 Å². The summed E-state index contributed by atoms with van der Waals surface area (Å²) in [5.74, 6) is 0.153. The van der Waals surface area contributed by atoms with Gasteiger partial charge in [-0.2, -0.15) is 5.10 Å². The van der Waals surface area contributed by atoms with Crippen LogP contribution in [0.4, 0.5) is 11.5 Å².